The molecule has 22 heavy (non-hydrogen) atoms. The maximum Gasteiger partial charge on any atom is 0.241 e. The van der Waals surface area contributed by atoms with E-state index < -0.39 is 5.25 Å². The van der Waals surface area contributed by atoms with E-state index in [-0.39, 0.29) is 24.3 Å². The largest absolute Gasteiger partial charge is 0.354 e. The summed E-state index contributed by atoms with van der Waals surface area (Å²) in [7, 11) is 0. The van der Waals surface area contributed by atoms with E-state index in [1.165, 1.54) is 11.8 Å². The van der Waals surface area contributed by atoms with Crippen molar-refractivity contribution in [3.05, 3.63) is 18.3 Å². The van der Waals surface area contributed by atoms with Crippen molar-refractivity contribution >= 4 is 29.3 Å². The van der Waals surface area contributed by atoms with Crippen LogP contribution in [0.4, 0.5) is 5.69 Å². The van der Waals surface area contributed by atoms with Crippen LogP contribution in [0.5, 0.6) is 0 Å². The zero-order chi connectivity index (χ0) is 16.1. The van der Waals surface area contributed by atoms with Crippen LogP contribution in [0.3, 0.4) is 0 Å². The number of thioether (sulfide) groups is 1. The number of carbonyl (C=O) groups is 2. The van der Waals surface area contributed by atoms with Gasteiger partial charge in [-0.05, 0) is 32.4 Å². The number of aromatic nitrogens is 1. The molecule has 1 aromatic rings. The van der Waals surface area contributed by atoms with Gasteiger partial charge in [-0.3, -0.25) is 9.59 Å². The summed E-state index contributed by atoms with van der Waals surface area (Å²) in [6.07, 6.45) is 3.88. The third kappa shape index (κ3) is 4.00. The number of nitrogens with one attached hydrogen (secondary N) is 1. The molecule has 1 aliphatic heterocycles. The average molecular weight is 321 g/mol. The fraction of sp³-hybridized carbons (Fsp3) is 0.562. The molecule has 0 aromatic carbocycles. The van der Waals surface area contributed by atoms with Crippen LogP contribution in [-0.4, -0.2) is 34.6 Å². The molecule has 1 unspecified atom stereocenters. The predicted octanol–water partition coefficient (Wildman–Crippen LogP) is 2.60. The van der Waals surface area contributed by atoms with E-state index in [0.29, 0.717) is 6.54 Å². The number of hydrogen-bond acceptors (Lipinski definition) is 4. The Morgan fingerprint density at radius 2 is 2.27 bits per heavy atom. The maximum atomic E-state index is 12.7. The molecule has 120 valence electrons. The monoisotopic (exact) mass is 321 g/mol. The molecule has 2 heterocycles. The van der Waals surface area contributed by atoms with E-state index in [1.807, 2.05) is 26.0 Å². The van der Waals surface area contributed by atoms with Crippen molar-refractivity contribution in [2.75, 3.05) is 11.4 Å². The van der Waals surface area contributed by atoms with Gasteiger partial charge in [0.05, 0.1) is 10.9 Å². The van der Waals surface area contributed by atoms with Crippen LogP contribution in [0.1, 0.15) is 40.0 Å². The van der Waals surface area contributed by atoms with Crippen molar-refractivity contribution in [3.63, 3.8) is 0 Å². The maximum absolute atomic E-state index is 12.7. The molecule has 2 amide bonds. The summed E-state index contributed by atoms with van der Waals surface area (Å²) in [5.41, 5.74) is 0.867. The number of pyridine rings is 1. The number of hydrogen-bond donors (Lipinski definition) is 1. The van der Waals surface area contributed by atoms with Gasteiger partial charge in [-0.2, -0.15) is 0 Å². The Hall–Kier alpha value is -1.56. The zero-order valence-electron chi connectivity index (χ0n) is 13.3. The third-order valence-electron chi connectivity index (χ3n) is 3.39. The molecule has 0 saturated heterocycles. The summed E-state index contributed by atoms with van der Waals surface area (Å²) in [5.74, 6) is -0.0754. The van der Waals surface area contributed by atoms with Gasteiger partial charge < -0.3 is 10.2 Å². The van der Waals surface area contributed by atoms with Gasteiger partial charge in [0.15, 0.2) is 0 Å². The highest BCUT2D eigenvalue weighted by atomic mass is 32.2. The van der Waals surface area contributed by atoms with Gasteiger partial charge in [-0.1, -0.05) is 25.1 Å². The van der Waals surface area contributed by atoms with Gasteiger partial charge in [0.25, 0.3) is 0 Å². The smallest absolute Gasteiger partial charge is 0.241 e. The Balaban J connectivity index is 2.17. The van der Waals surface area contributed by atoms with Gasteiger partial charge in [-0.15, -0.1) is 0 Å². The minimum atomic E-state index is -0.391. The second kappa shape index (κ2) is 7.63. The summed E-state index contributed by atoms with van der Waals surface area (Å²) in [4.78, 5) is 30.9. The van der Waals surface area contributed by atoms with Gasteiger partial charge in [0, 0.05) is 25.2 Å². The number of fused-ring (bicyclic) bond motifs is 1. The second-order valence-electron chi connectivity index (χ2n) is 5.70. The standard InChI is InChI=1S/C16H23N3O2S/c1-4-5-9-19-12-7-6-8-17-15(12)22-13(16(19)21)10-14(20)18-11(2)3/h6-8,11,13H,4-5,9-10H2,1-3H3,(H,18,20). The van der Waals surface area contributed by atoms with E-state index >= 15 is 0 Å². The molecule has 0 spiro atoms. The van der Waals surface area contributed by atoms with Crippen molar-refractivity contribution < 1.29 is 9.59 Å². The molecule has 1 aromatic heterocycles. The van der Waals surface area contributed by atoms with E-state index in [1.54, 1.807) is 11.1 Å². The molecule has 1 N–H and O–H groups in total. The number of amides is 2. The van der Waals surface area contributed by atoms with Crippen LogP contribution in [0.15, 0.2) is 23.4 Å². The first-order chi connectivity index (χ1) is 10.5. The minimum Gasteiger partial charge on any atom is -0.354 e. The van der Waals surface area contributed by atoms with Crippen molar-refractivity contribution in [2.45, 2.75) is 56.4 Å². The Labute approximate surface area is 135 Å². The molecule has 1 atom stereocenters. The van der Waals surface area contributed by atoms with E-state index in [2.05, 4.69) is 17.2 Å². The summed E-state index contributed by atoms with van der Waals surface area (Å²) >= 11 is 1.39. The topological polar surface area (TPSA) is 62.3 Å². The number of anilines is 1. The van der Waals surface area contributed by atoms with Crippen molar-refractivity contribution in [2.24, 2.45) is 0 Å². The second-order valence-corrected chi connectivity index (χ2v) is 6.90. The van der Waals surface area contributed by atoms with Crippen molar-refractivity contribution in [1.82, 2.24) is 10.3 Å². The first-order valence-corrected chi connectivity index (χ1v) is 8.63. The number of nitrogens with zero attached hydrogens (tertiary/aromatic N) is 2. The lowest BCUT2D eigenvalue weighted by Crippen LogP contribution is -2.44. The minimum absolute atomic E-state index is 0.0119. The fourth-order valence-corrected chi connectivity index (χ4v) is 3.53. The van der Waals surface area contributed by atoms with Gasteiger partial charge in [0.1, 0.15) is 5.03 Å². The Morgan fingerprint density at radius 3 is 2.95 bits per heavy atom. The lowest BCUT2D eigenvalue weighted by molar-refractivity contribution is -0.125. The predicted molar refractivity (Wildman–Crippen MR) is 89.0 cm³/mol. The zero-order valence-corrected chi connectivity index (χ0v) is 14.2. The third-order valence-corrected chi connectivity index (χ3v) is 4.58. The molecule has 0 aliphatic carbocycles. The van der Waals surface area contributed by atoms with Crippen LogP contribution >= 0.6 is 11.8 Å². The molecule has 0 fully saturated rings. The lowest BCUT2D eigenvalue weighted by atomic mass is 10.2. The van der Waals surface area contributed by atoms with Crippen LogP contribution < -0.4 is 10.2 Å². The molecule has 0 bridgehead atoms. The van der Waals surface area contributed by atoms with E-state index in [9.17, 15) is 9.59 Å². The average Bonchev–Trinajstić information content (AvgIpc) is 2.46. The normalized spacial score (nSPS) is 17.5. The molecule has 1 aliphatic rings. The van der Waals surface area contributed by atoms with Gasteiger partial charge in [0.2, 0.25) is 11.8 Å². The number of unbranched alkanes of at least 4 members (excludes halogenated alkanes) is 1. The Kier molecular flexibility index (Phi) is 5.83. The fourth-order valence-electron chi connectivity index (χ4n) is 2.38. The molecule has 2 rings (SSSR count). The first-order valence-electron chi connectivity index (χ1n) is 7.75. The number of rotatable bonds is 6. The highest BCUT2D eigenvalue weighted by Crippen LogP contribution is 2.38. The molecule has 6 heteroatoms. The van der Waals surface area contributed by atoms with Crippen LogP contribution in [-0.2, 0) is 9.59 Å². The number of carbonyl (C=O) groups excluding carboxylic acids is 2. The lowest BCUT2D eigenvalue weighted by Gasteiger charge is -2.32. The first kappa shape index (κ1) is 16.8. The quantitative estimate of drug-likeness (QED) is 0.875. The SMILES string of the molecule is CCCCN1C(=O)C(CC(=O)NC(C)C)Sc2ncccc21. The Morgan fingerprint density at radius 1 is 1.50 bits per heavy atom. The van der Waals surface area contributed by atoms with Crippen LogP contribution in [0.2, 0.25) is 0 Å². The van der Waals surface area contributed by atoms with E-state index in [0.717, 1.165) is 23.6 Å². The molecular weight excluding hydrogens is 298 g/mol. The highest BCUT2D eigenvalue weighted by Gasteiger charge is 2.35. The van der Waals surface area contributed by atoms with Gasteiger partial charge >= 0.3 is 0 Å². The summed E-state index contributed by atoms with van der Waals surface area (Å²) in [6, 6.07) is 3.85. The molecule has 0 saturated carbocycles. The Bertz CT molecular complexity index is 548. The summed E-state index contributed by atoms with van der Waals surface area (Å²) in [6.45, 7) is 6.61. The van der Waals surface area contributed by atoms with Crippen molar-refractivity contribution in [1.29, 1.82) is 0 Å². The van der Waals surface area contributed by atoms with Crippen molar-refractivity contribution in [3.8, 4) is 0 Å². The van der Waals surface area contributed by atoms with Crippen LogP contribution in [0.25, 0.3) is 0 Å². The van der Waals surface area contributed by atoms with Gasteiger partial charge in [-0.25, -0.2) is 4.98 Å². The summed E-state index contributed by atoms with van der Waals surface area (Å²) in [5, 5.41) is 3.29. The molecule has 5 nitrogen and oxygen atoms in total. The highest BCUT2D eigenvalue weighted by molar-refractivity contribution is 8.00. The molecule has 0 radical (unpaired) electrons. The van der Waals surface area contributed by atoms with Crippen LogP contribution in [0, 0.1) is 0 Å². The van der Waals surface area contributed by atoms with E-state index in [4.69, 9.17) is 0 Å². The molecular formula is C16H23N3O2S. The summed E-state index contributed by atoms with van der Waals surface area (Å²) < 4.78 is 0.